The number of carbonyl (C=O) groups excluding carboxylic acids is 3. The number of amides is 3. The van der Waals surface area contributed by atoms with E-state index >= 15 is 0 Å². The first kappa shape index (κ1) is 27.6. The Labute approximate surface area is 204 Å². The highest BCUT2D eigenvalue weighted by atomic mass is 16.5. The number of fused-ring (bicyclic) bond motifs is 1. The van der Waals surface area contributed by atoms with Crippen LogP contribution in [0.1, 0.15) is 26.3 Å². The van der Waals surface area contributed by atoms with Crippen molar-refractivity contribution in [3.8, 4) is 0 Å². The highest BCUT2D eigenvalue weighted by molar-refractivity contribution is 5.89. The molecule has 2 aromatic carbocycles. The third-order valence-electron chi connectivity index (χ3n) is 5.26. The third-order valence-corrected chi connectivity index (χ3v) is 5.26. The van der Waals surface area contributed by atoms with Crippen molar-refractivity contribution in [3.05, 3.63) is 48.0 Å². The van der Waals surface area contributed by atoms with E-state index in [0.29, 0.717) is 0 Å². The Kier molecular flexibility index (Phi) is 10.5. The summed E-state index contributed by atoms with van der Waals surface area (Å²) in [7, 11) is 0. The van der Waals surface area contributed by atoms with Gasteiger partial charge in [0, 0.05) is 19.9 Å². The number of nitrogens with zero attached hydrogens (tertiary/aromatic N) is 1. The van der Waals surface area contributed by atoms with Crippen molar-refractivity contribution in [1.82, 2.24) is 15.5 Å². The minimum absolute atomic E-state index is 0.0307. The Hall–Kier alpha value is -3.66. The van der Waals surface area contributed by atoms with Gasteiger partial charge in [-0.05, 0) is 22.3 Å². The smallest absolute Gasteiger partial charge is 0.331 e. The van der Waals surface area contributed by atoms with E-state index in [9.17, 15) is 29.4 Å². The van der Waals surface area contributed by atoms with Crippen LogP contribution in [0.3, 0.4) is 0 Å². The molecule has 1 unspecified atom stereocenters. The van der Waals surface area contributed by atoms with Gasteiger partial charge in [-0.1, -0.05) is 56.3 Å². The largest absolute Gasteiger partial charge is 0.480 e. The number of benzene rings is 2. The zero-order valence-electron chi connectivity index (χ0n) is 20.2. The number of hydrogen-bond acceptors (Lipinski definition) is 6. The Balaban J connectivity index is 2.18. The first-order chi connectivity index (χ1) is 16.6. The van der Waals surface area contributed by atoms with E-state index in [0.717, 1.165) is 21.2 Å². The molecule has 0 saturated carbocycles. The van der Waals surface area contributed by atoms with Gasteiger partial charge in [-0.2, -0.15) is 0 Å². The standard InChI is InChI=1S/C25H33N3O7/c1-16(2)14-28(22(15-29)24(33)35-12-11-26-17(3)30)25(34)27-21(23(31)32)13-19-9-6-8-18-7-4-5-10-20(18)19/h4-10,16,21-22,29H,11-15H2,1-3H3,(H,26,30)(H,27,34)(H,31,32)/t21-,22?/m0/s1. The van der Waals surface area contributed by atoms with Crippen LogP contribution < -0.4 is 10.6 Å². The summed E-state index contributed by atoms with van der Waals surface area (Å²) in [4.78, 5) is 49.8. The number of carboxylic acids is 1. The summed E-state index contributed by atoms with van der Waals surface area (Å²) in [5.41, 5.74) is 0.752. The number of aliphatic hydroxyl groups is 1. The lowest BCUT2D eigenvalue weighted by atomic mass is 9.99. The first-order valence-electron chi connectivity index (χ1n) is 11.4. The summed E-state index contributed by atoms with van der Waals surface area (Å²) in [6.45, 7) is 4.29. The molecule has 0 radical (unpaired) electrons. The number of ether oxygens (including phenoxy) is 1. The van der Waals surface area contributed by atoms with Crippen LogP contribution in [-0.4, -0.2) is 77.4 Å². The minimum Gasteiger partial charge on any atom is -0.480 e. The molecule has 10 nitrogen and oxygen atoms in total. The van der Waals surface area contributed by atoms with Crippen molar-refractivity contribution in [3.63, 3.8) is 0 Å². The van der Waals surface area contributed by atoms with Gasteiger partial charge >= 0.3 is 18.0 Å². The van der Waals surface area contributed by atoms with Gasteiger partial charge in [0.1, 0.15) is 12.6 Å². The topological polar surface area (TPSA) is 145 Å². The first-order valence-corrected chi connectivity index (χ1v) is 11.4. The van der Waals surface area contributed by atoms with Crippen molar-refractivity contribution in [2.24, 2.45) is 5.92 Å². The van der Waals surface area contributed by atoms with Crippen LogP contribution in [0.5, 0.6) is 0 Å². The Bertz CT molecular complexity index is 1040. The molecular weight excluding hydrogens is 454 g/mol. The van der Waals surface area contributed by atoms with Crippen LogP contribution in [0.4, 0.5) is 4.79 Å². The lowest BCUT2D eigenvalue weighted by Crippen LogP contribution is -2.56. The van der Waals surface area contributed by atoms with E-state index < -0.39 is 36.7 Å². The molecule has 2 aromatic rings. The SMILES string of the molecule is CC(=O)NCCOC(=O)C(CO)N(CC(C)C)C(=O)N[C@@H](Cc1cccc2ccccc12)C(=O)O. The Morgan fingerprint density at radius 3 is 2.37 bits per heavy atom. The molecule has 0 bridgehead atoms. The van der Waals surface area contributed by atoms with Gasteiger partial charge in [-0.25, -0.2) is 14.4 Å². The van der Waals surface area contributed by atoms with Crippen LogP contribution in [0, 0.1) is 5.92 Å². The average molecular weight is 488 g/mol. The summed E-state index contributed by atoms with van der Waals surface area (Å²) in [5.74, 6) is -2.45. The molecule has 0 aliphatic carbocycles. The quantitative estimate of drug-likeness (QED) is 0.262. The van der Waals surface area contributed by atoms with Crippen LogP contribution in [-0.2, 0) is 25.5 Å². The number of aliphatic carboxylic acids is 1. The summed E-state index contributed by atoms with van der Waals surface area (Å²) in [5, 5.41) is 26.5. The summed E-state index contributed by atoms with van der Waals surface area (Å²) in [6.07, 6.45) is 0.0307. The van der Waals surface area contributed by atoms with Crippen molar-refractivity contribution in [2.45, 2.75) is 39.3 Å². The molecule has 0 saturated heterocycles. The molecule has 4 N–H and O–H groups in total. The maximum absolute atomic E-state index is 13.1. The van der Waals surface area contributed by atoms with Crippen molar-refractivity contribution < 1.29 is 34.1 Å². The number of urea groups is 1. The third kappa shape index (κ3) is 8.25. The Morgan fingerprint density at radius 1 is 1.06 bits per heavy atom. The number of rotatable bonds is 12. The lowest BCUT2D eigenvalue weighted by molar-refractivity contribution is -0.150. The molecule has 0 aliphatic heterocycles. The number of nitrogens with one attached hydrogen (secondary N) is 2. The second-order valence-electron chi connectivity index (χ2n) is 8.58. The summed E-state index contributed by atoms with van der Waals surface area (Å²) in [6, 6.07) is 9.69. The monoisotopic (exact) mass is 487 g/mol. The van der Waals surface area contributed by atoms with Gasteiger partial charge in [0.2, 0.25) is 5.91 Å². The molecule has 10 heteroatoms. The van der Waals surface area contributed by atoms with Crippen LogP contribution in [0.2, 0.25) is 0 Å². The molecule has 190 valence electrons. The summed E-state index contributed by atoms with van der Waals surface area (Å²) < 4.78 is 5.10. The molecular formula is C25H33N3O7. The molecule has 35 heavy (non-hydrogen) atoms. The van der Waals surface area contributed by atoms with Crippen LogP contribution in [0.25, 0.3) is 10.8 Å². The fraction of sp³-hybridized carbons (Fsp3) is 0.440. The van der Waals surface area contributed by atoms with E-state index in [1.54, 1.807) is 6.07 Å². The van der Waals surface area contributed by atoms with Gasteiger partial charge in [-0.15, -0.1) is 0 Å². The predicted octanol–water partition coefficient (Wildman–Crippen LogP) is 1.54. The van der Waals surface area contributed by atoms with Gasteiger partial charge in [0.15, 0.2) is 6.04 Å². The average Bonchev–Trinajstić information content (AvgIpc) is 2.81. The van der Waals surface area contributed by atoms with Crippen LogP contribution in [0.15, 0.2) is 42.5 Å². The normalized spacial score (nSPS) is 12.6. The molecule has 0 spiro atoms. The fourth-order valence-corrected chi connectivity index (χ4v) is 3.64. The maximum Gasteiger partial charge on any atom is 0.331 e. The molecule has 2 rings (SSSR count). The fourth-order valence-electron chi connectivity index (χ4n) is 3.64. The minimum atomic E-state index is -1.33. The van der Waals surface area contributed by atoms with E-state index in [4.69, 9.17) is 4.74 Å². The van der Waals surface area contributed by atoms with Gasteiger partial charge in [0.25, 0.3) is 0 Å². The van der Waals surface area contributed by atoms with Crippen molar-refractivity contribution in [2.75, 3.05) is 26.3 Å². The number of esters is 1. The number of carbonyl (C=O) groups is 4. The van der Waals surface area contributed by atoms with E-state index in [2.05, 4.69) is 10.6 Å². The lowest BCUT2D eigenvalue weighted by Gasteiger charge is -2.31. The van der Waals surface area contributed by atoms with E-state index in [-0.39, 0.29) is 37.9 Å². The Morgan fingerprint density at radius 2 is 1.74 bits per heavy atom. The van der Waals surface area contributed by atoms with Crippen LogP contribution >= 0.6 is 0 Å². The summed E-state index contributed by atoms with van der Waals surface area (Å²) >= 11 is 0. The molecule has 0 fully saturated rings. The molecule has 0 aliphatic rings. The number of aliphatic hydroxyl groups excluding tert-OH is 1. The second kappa shape index (κ2) is 13.3. The number of carboxylic acid groups (broad SMARTS) is 1. The number of hydrogen-bond donors (Lipinski definition) is 4. The maximum atomic E-state index is 13.1. The molecule has 2 atom stereocenters. The zero-order chi connectivity index (χ0) is 26.0. The molecule has 0 aromatic heterocycles. The molecule has 3 amide bonds. The van der Waals surface area contributed by atoms with Gasteiger partial charge < -0.3 is 30.5 Å². The molecule has 0 heterocycles. The van der Waals surface area contributed by atoms with E-state index in [1.807, 2.05) is 50.2 Å². The highest BCUT2D eigenvalue weighted by Gasteiger charge is 2.33. The highest BCUT2D eigenvalue weighted by Crippen LogP contribution is 2.20. The van der Waals surface area contributed by atoms with Gasteiger partial charge in [0.05, 0.1) is 13.2 Å². The van der Waals surface area contributed by atoms with Crippen molar-refractivity contribution >= 4 is 34.6 Å². The van der Waals surface area contributed by atoms with Gasteiger partial charge in [-0.3, -0.25) is 4.79 Å². The predicted molar refractivity (Wildman–Crippen MR) is 130 cm³/mol. The second-order valence-corrected chi connectivity index (χ2v) is 8.58. The van der Waals surface area contributed by atoms with Crippen molar-refractivity contribution in [1.29, 1.82) is 0 Å². The van der Waals surface area contributed by atoms with E-state index in [1.165, 1.54) is 6.92 Å². The zero-order valence-corrected chi connectivity index (χ0v) is 20.2.